The van der Waals surface area contributed by atoms with Gasteiger partial charge in [0, 0.05) is 19.5 Å². The number of hydrogen-bond acceptors (Lipinski definition) is 3. The number of aryl methyl sites for hydroxylation is 1. The van der Waals surface area contributed by atoms with Crippen molar-refractivity contribution in [2.75, 3.05) is 7.05 Å². The van der Waals surface area contributed by atoms with E-state index in [-0.39, 0.29) is 11.1 Å². The molecule has 15 heavy (non-hydrogen) atoms. The van der Waals surface area contributed by atoms with Gasteiger partial charge >= 0.3 is 0 Å². The van der Waals surface area contributed by atoms with Crippen LogP contribution in [0.5, 0.6) is 0 Å². The molecule has 0 atom stereocenters. The number of imidazole rings is 1. The van der Waals surface area contributed by atoms with E-state index in [2.05, 4.69) is 9.97 Å². The largest absolute Gasteiger partial charge is 0.332 e. The molecule has 1 aromatic rings. The molecule has 0 spiro atoms. The molecule has 1 aliphatic rings. The molecule has 1 aromatic heterocycles. The van der Waals surface area contributed by atoms with Gasteiger partial charge in [0.05, 0.1) is 6.20 Å². The topological polar surface area (TPSA) is 66.1 Å². The van der Waals surface area contributed by atoms with Gasteiger partial charge in [0.25, 0.3) is 10.0 Å². The molecule has 0 aliphatic heterocycles. The van der Waals surface area contributed by atoms with Gasteiger partial charge in [-0.25, -0.2) is 13.4 Å². The highest BCUT2D eigenvalue weighted by Crippen LogP contribution is 2.29. The number of sulfonamides is 1. The first kappa shape index (κ1) is 10.6. The summed E-state index contributed by atoms with van der Waals surface area (Å²) in [5.41, 5.74) is 0. The van der Waals surface area contributed by atoms with Crippen LogP contribution in [-0.4, -0.2) is 35.8 Å². The number of aromatic amines is 1. The number of nitrogens with one attached hydrogen (secondary N) is 1. The van der Waals surface area contributed by atoms with E-state index in [9.17, 15) is 8.42 Å². The maximum atomic E-state index is 12.0. The molecule has 2 rings (SSSR count). The molecule has 5 nitrogen and oxygen atoms in total. The van der Waals surface area contributed by atoms with Crippen molar-refractivity contribution in [1.29, 1.82) is 0 Å². The molecule has 84 valence electrons. The molecule has 0 saturated heterocycles. The van der Waals surface area contributed by atoms with E-state index in [0.29, 0.717) is 12.2 Å². The second-order valence-electron chi connectivity index (χ2n) is 3.80. The Balaban J connectivity index is 2.27. The fraction of sp³-hybridized carbons (Fsp3) is 0.667. The summed E-state index contributed by atoms with van der Waals surface area (Å²) in [7, 11) is -1.73. The van der Waals surface area contributed by atoms with Gasteiger partial charge in [-0.05, 0) is 12.8 Å². The van der Waals surface area contributed by atoms with Crippen LogP contribution in [-0.2, 0) is 16.4 Å². The number of aromatic nitrogens is 2. The van der Waals surface area contributed by atoms with Gasteiger partial charge < -0.3 is 4.98 Å². The van der Waals surface area contributed by atoms with Gasteiger partial charge in [0.15, 0.2) is 5.03 Å². The minimum Gasteiger partial charge on any atom is -0.332 e. The second kappa shape index (κ2) is 3.61. The zero-order valence-electron chi connectivity index (χ0n) is 8.90. The van der Waals surface area contributed by atoms with Crippen LogP contribution >= 0.6 is 0 Å². The third-order valence-corrected chi connectivity index (χ3v) is 4.48. The van der Waals surface area contributed by atoms with Crippen molar-refractivity contribution in [3.63, 3.8) is 0 Å². The summed E-state index contributed by atoms with van der Waals surface area (Å²) in [6, 6.07) is 0.184. The lowest BCUT2D eigenvalue weighted by Gasteiger charge is -2.14. The Kier molecular flexibility index (Phi) is 2.56. The van der Waals surface area contributed by atoms with Gasteiger partial charge in [0.1, 0.15) is 5.82 Å². The molecule has 0 bridgehead atoms. The van der Waals surface area contributed by atoms with E-state index in [1.807, 2.05) is 6.92 Å². The smallest absolute Gasteiger partial charge is 0.260 e. The van der Waals surface area contributed by atoms with Gasteiger partial charge in [-0.1, -0.05) is 6.92 Å². The Morgan fingerprint density at radius 3 is 2.73 bits per heavy atom. The van der Waals surface area contributed by atoms with Crippen molar-refractivity contribution in [1.82, 2.24) is 14.3 Å². The van der Waals surface area contributed by atoms with Gasteiger partial charge in [-0.2, -0.15) is 4.31 Å². The van der Waals surface area contributed by atoms with Crippen molar-refractivity contribution < 1.29 is 8.42 Å². The quantitative estimate of drug-likeness (QED) is 0.828. The van der Waals surface area contributed by atoms with Crippen molar-refractivity contribution in [3.05, 3.63) is 12.0 Å². The SMILES string of the molecule is CCc1ncc(S(=O)(=O)N(C)C2CC2)[nH]1. The molecule has 1 fully saturated rings. The standard InChI is InChI=1S/C9H15N3O2S/c1-3-8-10-6-9(11-8)15(13,14)12(2)7-4-5-7/h6-7H,3-5H2,1-2H3,(H,10,11). The molecular formula is C9H15N3O2S. The third kappa shape index (κ3) is 1.91. The second-order valence-corrected chi connectivity index (χ2v) is 5.77. The van der Waals surface area contributed by atoms with Crippen molar-refractivity contribution in [2.45, 2.75) is 37.3 Å². The highest BCUT2D eigenvalue weighted by atomic mass is 32.2. The maximum Gasteiger partial charge on any atom is 0.260 e. The molecule has 0 unspecified atom stereocenters. The van der Waals surface area contributed by atoms with Crippen LogP contribution in [0.15, 0.2) is 11.2 Å². The van der Waals surface area contributed by atoms with Crippen molar-refractivity contribution in [2.24, 2.45) is 0 Å². The van der Waals surface area contributed by atoms with Crippen LogP contribution in [0.4, 0.5) is 0 Å². The van der Waals surface area contributed by atoms with E-state index >= 15 is 0 Å². The summed E-state index contributed by atoms with van der Waals surface area (Å²) in [4.78, 5) is 6.83. The summed E-state index contributed by atoms with van der Waals surface area (Å²) in [6.45, 7) is 1.93. The molecular weight excluding hydrogens is 214 g/mol. The van der Waals surface area contributed by atoms with Crippen LogP contribution < -0.4 is 0 Å². The van der Waals surface area contributed by atoms with E-state index in [0.717, 1.165) is 12.8 Å². The minimum absolute atomic E-state index is 0.184. The summed E-state index contributed by atoms with van der Waals surface area (Å²) in [5.74, 6) is 0.706. The summed E-state index contributed by atoms with van der Waals surface area (Å²) < 4.78 is 25.4. The predicted molar refractivity (Wildman–Crippen MR) is 55.9 cm³/mol. The molecule has 0 aromatic carbocycles. The monoisotopic (exact) mass is 229 g/mol. The molecule has 1 heterocycles. The lowest BCUT2D eigenvalue weighted by atomic mass is 10.5. The van der Waals surface area contributed by atoms with Gasteiger partial charge in [0.2, 0.25) is 0 Å². The Labute approximate surface area is 89.6 Å². The molecule has 6 heteroatoms. The summed E-state index contributed by atoms with van der Waals surface area (Å²) in [6.07, 6.45) is 4.03. The summed E-state index contributed by atoms with van der Waals surface area (Å²) >= 11 is 0. The Hall–Kier alpha value is -0.880. The highest BCUT2D eigenvalue weighted by Gasteiger charge is 2.35. The van der Waals surface area contributed by atoms with Gasteiger partial charge in [-0.15, -0.1) is 0 Å². The Bertz CT molecular complexity index is 448. The van der Waals surface area contributed by atoms with Crippen molar-refractivity contribution >= 4 is 10.0 Å². The molecule has 1 N–H and O–H groups in total. The maximum absolute atomic E-state index is 12.0. The normalized spacial score (nSPS) is 17.3. The highest BCUT2D eigenvalue weighted by molar-refractivity contribution is 7.89. The van der Waals surface area contributed by atoms with Crippen molar-refractivity contribution in [3.8, 4) is 0 Å². The molecule has 0 radical (unpaired) electrons. The average molecular weight is 229 g/mol. The van der Waals surface area contributed by atoms with E-state index in [1.54, 1.807) is 7.05 Å². The van der Waals surface area contributed by atoms with Crippen LogP contribution in [0.3, 0.4) is 0 Å². The van der Waals surface area contributed by atoms with Crippen LogP contribution in [0.1, 0.15) is 25.6 Å². The Morgan fingerprint density at radius 1 is 1.60 bits per heavy atom. The minimum atomic E-state index is -3.35. The first-order chi connectivity index (χ1) is 7.05. The number of H-pyrrole nitrogens is 1. The predicted octanol–water partition coefficient (Wildman–Crippen LogP) is 0.755. The first-order valence-corrected chi connectivity index (χ1v) is 6.51. The zero-order chi connectivity index (χ0) is 11.1. The van der Waals surface area contributed by atoms with Gasteiger partial charge in [-0.3, -0.25) is 0 Å². The molecule has 0 amide bonds. The fourth-order valence-electron chi connectivity index (χ4n) is 1.44. The summed E-state index contributed by atoms with van der Waals surface area (Å²) in [5, 5.41) is 0.203. The number of hydrogen-bond donors (Lipinski definition) is 1. The first-order valence-electron chi connectivity index (χ1n) is 5.07. The van der Waals surface area contributed by atoms with Crippen LogP contribution in [0, 0.1) is 0 Å². The lowest BCUT2D eigenvalue weighted by Crippen LogP contribution is -2.29. The van der Waals surface area contributed by atoms with Crippen LogP contribution in [0.2, 0.25) is 0 Å². The number of rotatable bonds is 4. The zero-order valence-corrected chi connectivity index (χ0v) is 9.71. The molecule has 1 aliphatic carbocycles. The Morgan fingerprint density at radius 2 is 2.27 bits per heavy atom. The van der Waals surface area contributed by atoms with E-state index in [1.165, 1.54) is 10.5 Å². The number of nitrogens with zero attached hydrogens (tertiary/aromatic N) is 2. The third-order valence-electron chi connectivity index (χ3n) is 2.66. The average Bonchev–Trinajstić information content (AvgIpc) is 2.93. The molecule has 1 saturated carbocycles. The fourth-order valence-corrected chi connectivity index (χ4v) is 2.79. The lowest BCUT2D eigenvalue weighted by molar-refractivity contribution is 0.461. The van der Waals surface area contributed by atoms with Crippen LogP contribution in [0.25, 0.3) is 0 Å². The van der Waals surface area contributed by atoms with E-state index < -0.39 is 10.0 Å². The van der Waals surface area contributed by atoms with E-state index in [4.69, 9.17) is 0 Å².